The third kappa shape index (κ3) is 3.37. The molecule has 0 bridgehead atoms. The molecule has 0 spiro atoms. The summed E-state index contributed by atoms with van der Waals surface area (Å²) in [5.74, 6) is -0.567. The first-order chi connectivity index (χ1) is 13.1. The predicted octanol–water partition coefficient (Wildman–Crippen LogP) is 2.29. The van der Waals surface area contributed by atoms with Gasteiger partial charge in [0, 0.05) is 18.0 Å². The van der Waals surface area contributed by atoms with Crippen LogP contribution in [0.3, 0.4) is 0 Å². The third-order valence-electron chi connectivity index (χ3n) is 3.61. The number of rotatable bonds is 4. The lowest BCUT2D eigenvalue weighted by Crippen LogP contribution is -2.10. The average molecular weight is 380 g/mol. The second-order valence-electron chi connectivity index (χ2n) is 5.36. The summed E-state index contributed by atoms with van der Waals surface area (Å²) in [5, 5.41) is 7.53. The van der Waals surface area contributed by atoms with Gasteiger partial charge in [-0.3, -0.25) is 9.78 Å². The molecule has 134 valence electrons. The molecule has 0 aliphatic rings. The Hall–Kier alpha value is -3.66. The van der Waals surface area contributed by atoms with Crippen molar-refractivity contribution in [1.82, 2.24) is 24.6 Å². The largest absolute Gasteiger partial charge is 0.464 e. The van der Waals surface area contributed by atoms with E-state index in [1.807, 2.05) is 12.1 Å². The van der Waals surface area contributed by atoms with Crippen molar-refractivity contribution in [2.45, 2.75) is 0 Å². The van der Waals surface area contributed by atoms with Gasteiger partial charge in [-0.2, -0.15) is 5.10 Å². The molecule has 0 saturated heterocycles. The van der Waals surface area contributed by atoms with Crippen molar-refractivity contribution in [3.8, 4) is 10.6 Å². The molecule has 0 atom stereocenters. The van der Waals surface area contributed by atoms with E-state index in [9.17, 15) is 9.59 Å². The van der Waals surface area contributed by atoms with Crippen molar-refractivity contribution in [2.24, 2.45) is 0 Å². The number of amides is 1. The van der Waals surface area contributed by atoms with E-state index in [4.69, 9.17) is 0 Å². The fourth-order valence-electron chi connectivity index (χ4n) is 2.34. The molecule has 1 N–H and O–H groups in total. The number of nitrogens with one attached hydrogen (secondary N) is 1. The van der Waals surface area contributed by atoms with Crippen LogP contribution in [-0.4, -0.2) is 43.6 Å². The summed E-state index contributed by atoms with van der Waals surface area (Å²) < 4.78 is 6.04. The van der Waals surface area contributed by atoms with Gasteiger partial charge in [0.05, 0.1) is 19.5 Å². The van der Waals surface area contributed by atoms with Gasteiger partial charge >= 0.3 is 5.97 Å². The Morgan fingerprint density at radius 3 is 2.78 bits per heavy atom. The van der Waals surface area contributed by atoms with Crippen molar-refractivity contribution in [1.29, 1.82) is 0 Å². The molecule has 1 amide bonds. The van der Waals surface area contributed by atoms with Crippen LogP contribution in [0.4, 0.5) is 5.82 Å². The Morgan fingerprint density at radius 1 is 1.19 bits per heavy atom. The summed E-state index contributed by atoms with van der Waals surface area (Å²) in [4.78, 5) is 37.0. The monoisotopic (exact) mass is 380 g/mol. The highest BCUT2D eigenvalue weighted by atomic mass is 32.1. The molecule has 4 aromatic heterocycles. The van der Waals surface area contributed by atoms with Crippen LogP contribution in [0.1, 0.15) is 20.2 Å². The SMILES string of the molecule is COC(=O)c1ccc2nc(NC(=O)c3cnc(-c4ccncc4)s3)cn2n1. The number of hydrogen-bond acceptors (Lipinski definition) is 8. The highest BCUT2D eigenvalue weighted by molar-refractivity contribution is 7.17. The van der Waals surface area contributed by atoms with E-state index in [2.05, 4.69) is 30.1 Å². The van der Waals surface area contributed by atoms with E-state index < -0.39 is 5.97 Å². The summed E-state index contributed by atoms with van der Waals surface area (Å²) in [6, 6.07) is 6.77. The van der Waals surface area contributed by atoms with E-state index in [0.29, 0.717) is 16.3 Å². The van der Waals surface area contributed by atoms with Crippen LogP contribution in [0.25, 0.3) is 16.2 Å². The van der Waals surface area contributed by atoms with Crippen molar-refractivity contribution in [2.75, 3.05) is 12.4 Å². The summed E-state index contributed by atoms with van der Waals surface area (Å²) in [7, 11) is 1.28. The average Bonchev–Trinajstić information content (AvgIpc) is 3.34. The quantitative estimate of drug-likeness (QED) is 0.541. The lowest BCUT2D eigenvalue weighted by Gasteiger charge is -1.98. The van der Waals surface area contributed by atoms with Gasteiger partial charge in [0.1, 0.15) is 9.88 Å². The van der Waals surface area contributed by atoms with E-state index >= 15 is 0 Å². The Labute approximate surface area is 156 Å². The molecular weight excluding hydrogens is 368 g/mol. The van der Waals surface area contributed by atoms with Crippen molar-refractivity contribution >= 4 is 34.7 Å². The smallest absolute Gasteiger partial charge is 0.358 e. The summed E-state index contributed by atoms with van der Waals surface area (Å²) in [6.45, 7) is 0. The van der Waals surface area contributed by atoms with Gasteiger partial charge in [-0.15, -0.1) is 11.3 Å². The van der Waals surface area contributed by atoms with E-state index in [0.717, 1.165) is 10.6 Å². The first-order valence-corrected chi connectivity index (χ1v) is 8.58. The van der Waals surface area contributed by atoms with E-state index in [1.165, 1.54) is 41.4 Å². The number of hydrogen-bond donors (Lipinski definition) is 1. The van der Waals surface area contributed by atoms with Crippen LogP contribution in [-0.2, 0) is 4.74 Å². The molecule has 4 heterocycles. The fraction of sp³-hybridized carbons (Fsp3) is 0.0588. The maximum absolute atomic E-state index is 12.5. The normalized spacial score (nSPS) is 10.7. The predicted molar refractivity (Wildman–Crippen MR) is 97.6 cm³/mol. The molecule has 4 aromatic rings. The summed E-state index contributed by atoms with van der Waals surface area (Å²) >= 11 is 1.27. The number of methoxy groups -OCH3 is 1. The highest BCUT2D eigenvalue weighted by Gasteiger charge is 2.15. The minimum Gasteiger partial charge on any atom is -0.464 e. The number of thiazole rings is 1. The van der Waals surface area contributed by atoms with Gasteiger partial charge in [-0.05, 0) is 24.3 Å². The molecular formula is C17H12N6O3S. The second kappa shape index (κ2) is 6.92. The third-order valence-corrected chi connectivity index (χ3v) is 4.66. The Balaban J connectivity index is 1.54. The number of imidazole rings is 1. The first kappa shape index (κ1) is 16.8. The topological polar surface area (TPSA) is 111 Å². The molecule has 0 aliphatic carbocycles. The molecule has 0 aliphatic heterocycles. The number of carbonyl (C=O) groups is 2. The number of esters is 1. The second-order valence-corrected chi connectivity index (χ2v) is 6.39. The zero-order valence-electron chi connectivity index (χ0n) is 14.0. The first-order valence-electron chi connectivity index (χ1n) is 7.76. The number of nitrogens with zero attached hydrogens (tertiary/aromatic N) is 5. The van der Waals surface area contributed by atoms with Crippen LogP contribution in [0, 0.1) is 0 Å². The zero-order valence-corrected chi connectivity index (χ0v) is 14.8. The fourth-order valence-corrected chi connectivity index (χ4v) is 3.16. The standard InChI is InChI=1S/C17H12N6O3S/c1-26-17(25)11-2-3-14-20-13(9-23(14)22-11)21-15(24)12-8-19-16(27-12)10-4-6-18-7-5-10/h2-9H,1H3,(H,21,24). The van der Waals surface area contributed by atoms with E-state index in [1.54, 1.807) is 18.5 Å². The van der Waals surface area contributed by atoms with Crippen molar-refractivity contribution in [3.63, 3.8) is 0 Å². The van der Waals surface area contributed by atoms with Crippen molar-refractivity contribution in [3.05, 3.63) is 59.6 Å². The van der Waals surface area contributed by atoms with Gasteiger partial charge in [-0.1, -0.05) is 0 Å². The molecule has 27 heavy (non-hydrogen) atoms. The van der Waals surface area contributed by atoms with Crippen LogP contribution in [0.2, 0.25) is 0 Å². The summed E-state index contributed by atoms with van der Waals surface area (Å²) in [6.07, 6.45) is 6.37. The number of anilines is 1. The van der Waals surface area contributed by atoms with Crippen LogP contribution < -0.4 is 5.32 Å². The molecule has 0 saturated carbocycles. The van der Waals surface area contributed by atoms with Crippen LogP contribution in [0.5, 0.6) is 0 Å². The van der Waals surface area contributed by atoms with Gasteiger partial charge in [0.2, 0.25) is 0 Å². The van der Waals surface area contributed by atoms with Gasteiger partial charge in [-0.25, -0.2) is 19.3 Å². The minimum absolute atomic E-state index is 0.143. The highest BCUT2D eigenvalue weighted by Crippen LogP contribution is 2.25. The number of fused-ring (bicyclic) bond motifs is 1. The maximum atomic E-state index is 12.5. The number of pyridine rings is 1. The van der Waals surface area contributed by atoms with Gasteiger partial charge < -0.3 is 10.1 Å². The van der Waals surface area contributed by atoms with Crippen LogP contribution in [0.15, 0.2) is 49.1 Å². The lowest BCUT2D eigenvalue weighted by molar-refractivity contribution is 0.0592. The number of carbonyl (C=O) groups excluding carboxylic acids is 2. The number of ether oxygens (including phenoxy) is 1. The Morgan fingerprint density at radius 2 is 2.00 bits per heavy atom. The Bertz CT molecular complexity index is 1140. The Kier molecular flexibility index (Phi) is 4.30. The molecule has 0 aromatic carbocycles. The minimum atomic E-state index is -0.551. The molecule has 0 unspecified atom stereocenters. The molecule has 10 heteroatoms. The van der Waals surface area contributed by atoms with E-state index in [-0.39, 0.29) is 11.6 Å². The molecule has 0 radical (unpaired) electrons. The number of aromatic nitrogens is 5. The summed E-state index contributed by atoms with van der Waals surface area (Å²) in [5.41, 5.74) is 1.52. The van der Waals surface area contributed by atoms with Gasteiger partial charge in [0.25, 0.3) is 5.91 Å². The zero-order chi connectivity index (χ0) is 18.8. The maximum Gasteiger partial charge on any atom is 0.358 e. The molecule has 0 fully saturated rings. The lowest BCUT2D eigenvalue weighted by atomic mass is 10.3. The van der Waals surface area contributed by atoms with Crippen LogP contribution >= 0.6 is 11.3 Å². The molecule has 4 rings (SSSR count). The van der Waals surface area contributed by atoms with Gasteiger partial charge in [0.15, 0.2) is 17.2 Å². The molecule has 9 nitrogen and oxygen atoms in total. The van der Waals surface area contributed by atoms with Crippen molar-refractivity contribution < 1.29 is 14.3 Å².